The second kappa shape index (κ2) is 17.2. The molecule has 236 valence electrons. The van der Waals surface area contributed by atoms with Crippen LogP contribution in [-0.4, -0.2) is 47.2 Å². The van der Waals surface area contributed by atoms with Gasteiger partial charge in [0.25, 0.3) is 5.91 Å². The Balaban J connectivity index is 0.000000243. The number of H-pyrrole nitrogens is 1. The summed E-state index contributed by atoms with van der Waals surface area (Å²) in [6.45, 7) is 13.3. The fourth-order valence-electron chi connectivity index (χ4n) is 5.72. The van der Waals surface area contributed by atoms with Crippen LogP contribution in [0.3, 0.4) is 0 Å². The molecule has 3 aromatic rings. The molecular formula is C36H49N5O3. The summed E-state index contributed by atoms with van der Waals surface area (Å²) in [5.74, 6) is -0.0721. The van der Waals surface area contributed by atoms with Crippen molar-refractivity contribution in [2.75, 3.05) is 25.0 Å². The van der Waals surface area contributed by atoms with E-state index >= 15 is 0 Å². The molecule has 0 radical (unpaired) electrons. The number of piperidine rings is 1. The van der Waals surface area contributed by atoms with Crippen LogP contribution in [0.15, 0.2) is 54.7 Å². The maximum Gasteiger partial charge on any atom is 0.253 e. The summed E-state index contributed by atoms with van der Waals surface area (Å²) in [5, 5.41) is 8.74. The van der Waals surface area contributed by atoms with E-state index in [0.717, 1.165) is 30.5 Å². The molecule has 8 heteroatoms. The van der Waals surface area contributed by atoms with E-state index in [1.54, 1.807) is 4.90 Å². The number of carbonyl (C=O) groups excluding carboxylic acids is 3. The number of aromatic amines is 1. The zero-order valence-electron chi connectivity index (χ0n) is 26.9. The molecule has 0 bridgehead atoms. The zero-order valence-corrected chi connectivity index (χ0v) is 26.9. The normalized spacial score (nSPS) is 16.1. The maximum absolute atomic E-state index is 12.5. The van der Waals surface area contributed by atoms with Gasteiger partial charge in [-0.3, -0.25) is 14.4 Å². The highest BCUT2D eigenvalue weighted by molar-refractivity contribution is 5.94. The van der Waals surface area contributed by atoms with Crippen LogP contribution in [0, 0.1) is 5.92 Å². The molecule has 3 amide bonds. The third kappa shape index (κ3) is 9.16. The van der Waals surface area contributed by atoms with Crippen molar-refractivity contribution < 1.29 is 14.4 Å². The van der Waals surface area contributed by atoms with Gasteiger partial charge in [0.15, 0.2) is 0 Å². The number of carbonyl (C=O) groups is 3. The molecular weight excluding hydrogens is 550 g/mol. The maximum atomic E-state index is 12.5. The summed E-state index contributed by atoms with van der Waals surface area (Å²) in [7, 11) is 0. The molecule has 0 aliphatic carbocycles. The van der Waals surface area contributed by atoms with Gasteiger partial charge < -0.3 is 26.3 Å². The molecule has 2 aliphatic rings. The molecule has 5 N–H and O–H groups in total. The Kier molecular flexibility index (Phi) is 13.4. The summed E-state index contributed by atoms with van der Waals surface area (Å²) < 4.78 is 0. The topological polar surface area (TPSA) is 120 Å². The summed E-state index contributed by atoms with van der Waals surface area (Å²) in [6, 6.07) is 15.4. The summed E-state index contributed by atoms with van der Waals surface area (Å²) in [4.78, 5) is 40.7. The van der Waals surface area contributed by atoms with E-state index in [-0.39, 0.29) is 29.6 Å². The Morgan fingerprint density at radius 1 is 1.02 bits per heavy atom. The molecule has 5 rings (SSSR count). The first-order valence-corrected chi connectivity index (χ1v) is 15.9. The predicted molar refractivity (Wildman–Crippen MR) is 179 cm³/mol. The van der Waals surface area contributed by atoms with E-state index in [1.807, 2.05) is 70.3 Å². The van der Waals surface area contributed by atoms with Crippen LogP contribution in [0.1, 0.15) is 86.8 Å². The number of anilines is 1. The van der Waals surface area contributed by atoms with Gasteiger partial charge in [0.1, 0.15) is 0 Å². The molecule has 8 nitrogen and oxygen atoms in total. The molecule has 1 aromatic heterocycles. The van der Waals surface area contributed by atoms with E-state index < -0.39 is 0 Å². The van der Waals surface area contributed by atoms with Crippen LogP contribution in [-0.2, 0) is 22.6 Å². The van der Waals surface area contributed by atoms with E-state index in [2.05, 4.69) is 46.8 Å². The van der Waals surface area contributed by atoms with Gasteiger partial charge in [0, 0.05) is 54.8 Å². The number of primary amides is 1. The van der Waals surface area contributed by atoms with E-state index in [9.17, 15) is 14.4 Å². The van der Waals surface area contributed by atoms with Crippen LogP contribution in [0.5, 0.6) is 0 Å². The number of aromatic nitrogens is 1. The minimum Gasteiger partial charge on any atom is -0.369 e. The summed E-state index contributed by atoms with van der Waals surface area (Å²) >= 11 is 0. The molecule has 1 atom stereocenters. The number of fused-ring (bicyclic) bond motifs is 1. The van der Waals surface area contributed by atoms with Gasteiger partial charge in [-0.15, -0.1) is 0 Å². The van der Waals surface area contributed by atoms with Crippen molar-refractivity contribution in [1.29, 1.82) is 0 Å². The molecule has 0 saturated carbocycles. The molecule has 3 heterocycles. The number of likely N-dealkylation sites (tertiary alicyclic amines) is 1. The van der Waals surface area contributed by atoms with Crippen LogP contribution in [0.25, 0.3) is 12.2 Å². The van der Waals surface area contributed by atoms with Gasteiger partial charge in [-0.2, -0.15) is 0 Å². The standard InChI is InChI=1S/C21H27N3O.C13H16N2O2.C2H6/c1-4-18-19(13-23-20(18)5-2)14(3)10-21(25)24-17-7-6-15-8-9-22-12-16(15)11-17;14-12(16)10-6-8-15(9-7-10)13(17)11-4-2-1-3-5-11;1-2/h4-7,11,13-14,22-23H,8-10,12H2,1-3H3,(H,24,25);1-5,10H,6-9H2,(H2,14,16);1-2H3/b18-4-,20-5+;;. The monoisotopic (exact) mass is 599 g/mol. The van der Waals surface area contributed by atoms with Gasteiger partial charge in [0.05, 0.1) is 0 Å². The lowest BCUT2D eigenvalue weighted by Gasteiger charge is -2.30. The Morgan fingerprint density at radius 3 is 2.36 bits per heavy atom. The number of nitrogens with two attached hydrogens (primary N) is 1. The van der Waals surface area contributed by atoms with Gasteiger partial charge in [-0.1, -0.05) is 57.2 Å². The first-order valence-electron chi connectivity index (χ1n) is 15.9. The lowest BCUT2D eigenvalue weighted by Crippen LogP contribution is -2.41. The van der Waals surface area contributed by atoms with Crippen molar-refractivity contribution in [3.05, 3.63) is 87.5 Å². The smallest absolute Gasteiger partial charge is 0.253 e. The first kappa shape index (κ1) is 34.3. The predicted octanol–water partition coefficient (Wildman–Crippen LogP) is 4.44. The second-order valence-electron chi connectivity index (χ2n) is 11.0. The minimum atomic E-state index is -0.253. The average Bonchev–Trinajstić information content (AvgIpc) is 3.49. The number of hydrogen-bond donors (Lipinski definition) is 4. The number of benzene rings is 2. The molecule has 2 aromatic carbocycles. The van der Waals surface area contributed by atoms with Gasteiger partial charge in [0.2, 0.25) is 11.8 Å². The molecule has 1 unspecified atom stereocenters. The van der Waals surface area contributed by atoms with Crippen molar-refractivity contribution in [3.63, 3.8) is 0 Å². The highest BCUT2D eigenvalue weighted by atomic mass is 16.2. The lowest BCUT2D eigenvalue weighted by atomic mass is 9.96. The Bertz CT molecular complexity index is 1500. The largest absolute Gasteiger partial charge is 0.369 e. The van der Waals surface area contributed by atoms with Crippen LogP contribution in [0.4, 0.5) is 5.69 Å². The molecule has 44 heavy (non-hydrogen) atoms. The van der Waals surface area contributed by atoms with Crippen LogP contribution < -0.4 is 26.9 Å². The zero-order chi connectivity index (χ0) is 32.1. The first-order chi connectivity index (χ1) is 21.3. The van der Waals surface area contributed by atoms with Crippen LogP contribution >= 0.6 is 0 Å². The van der Waals surface area contributed by atoms with E-state index in [0.29, 0.717) is 37.9 Å². The fraction of sp³-hybridized carbons (Fsp3) is 0.417. The number of nitrogens with zero attached hydrogens (tertiary/aromatic N) is 1. The Labute approximate surface area is 261 Å². The number of amides is 3. The number of hydrogen-bond acceptors (Lipinski definition) is 4. The molecule has 1 fully saturated rings. The lowest BCUT2D eigenvalue weighted by molar-refractivity contribution is -0.123. The summed E-state index contributed by atoms with van der Waals surface area (Å²) in [5.41, 5.74) is 10.7. The fourth-order valence-corrected chi connectivity index (χ4v) is 5.72. The number of rotatable bonds is 6. The van der Waals surface area contributed by atoms with Crippen LogP contribution in [0.2, 0.25) is 0 Å². The second-order valence-corrected chi connectivity index (χ2v) is 11.0. The number of nitrogens with one attached hydrogen (secondary N) is 3. The minimum absolute atomic E-state index is 0.0357. The average molecular weight is 600 g/mol. The molecule has 1 saturated heterocycles. The van der Waals surface area contributed by atoms with Gasteiger partial charge in [-0.25, -0.2) is 0 Å². The van der Waals surface area contributed by atoms with Crippen molar-refractivity contribution >= 4 is 35.6 Å². The SMILES string of the molecule is C/C=c1/c(C(C)CC(=O)Nc2ccc3c(c2)CNCC3)c[nH]/c1=C/C.CC.NC(=O)C1CCN(C(=O)c2ccccc2)CC1. The van der Waals surface area contributed by atoms with Gasteiger partial charge >= 0.3 is 0 Å². The third-order valence-electron chi connectivity index (χ3n) is 8.17. The van der Waals surface area contributed by atoms with Crippen molar-refractivity contribution in [3.8, 4) is 0 Å². The third-order valence-corrected chi connectivity index (χ3v) is 8.17. The van der Waals surface area contributed by atoms with Crippen molar-refractivity contribution in [1.82, 2.24) is 15.2 Å². The highest BCUT2D eigenvalue weighted by Crippen LogP contribution is 2.21. The Morgan fingerprint density at radius 2 is 1.73 bits per heavy atom. The van der Waals surface area contributed by atoms with E-state index in [4.69, 9.17) is 5.73 Å². The molecule has 2 aliphatic heterocycles. The van der Waals surface area contributed by atoms with Crippen molar-refractivity contribution in [2.24, 2.45) is 11.7 Å². The molecule has 0 spiro atoms. The summed E-state index contributed by atoms with van der Waals surface area (Å²) in [6.07, 6.45) is 9.06. The van der Waals surface area contributed by atoms with E-state index in [1.165, 1.54) is 21.9 Å². The van der Waals surface area contributed by atoms with Crippen molar-refractivity contribution in [2.45, 2.75) is 72.8 Å². The Hall–Kier alpha value is -4.17. The highest BCUT2D eigenvalue weighted by Gasteiger charge is 2.26. The van der Waals surface area contributed by atoms with Gasteiger partial charge in [-0.05, 0) is 91.7 Å². The quantitative estimate of drug-likeness (QED) is 0.335.